The van der Waals surface area contributed by atoms with Crippen molar-refractivity contribution >= 4 is 163 Å². The number of fused-ring (bicyclic) bond motifs is 20. The van der Waals surface area contributed by atoms with E-state index < -0.39 is 0 Å². The zero-order valence-electron chi connectivity index (χ0n) is 37.1. The Morgan fingerprint density at radius 2 is 0.701 bits per heavy atom. The first-order chi connectivity index (χ1) is 33.1. The third-order valence-corrected chi connectivity index (χ3v) is 17.5. The van der Waals surface area contributed by atoms with Crippen LogP contribution in [-0.2, 0) is 12.8 Å². The third kappa shape index (κ3) is 5.16. The Kier molecular flexibility index (Phi) is 7.91. The Hall–Kier alpha value is -7.44. The van der Waals surface area contributed by atoms with Crippen LogP contribution in [0.25, 0.3) is 84.8 Å². The number of rotatable bonds is 4. The molecule has 0 saturated heterocycles. The maximum absolute atomic E-state index is 2.64. The average molecular weight is 889 g/mol. The van der Waals surface area contributed by atoms with Crippen molar-refractivity contribution in [3.05, 3.63) is 199 Å². The highest BCUT2D eigenvalue weighted by molar-refractivity contribution is 7.40. The van der Waals surface area contributed by atoms with E-state index in [1.807, 2.05) is 22.7 Å². The SMILES string of the molecule is CCc1ccc2sc3c(c2c1)N(c1ccc2c4ccccc4c4ccccc4c2c1)c1cccc2c1B3c1sc3ccc(CC)cc3c1N2c1ccc2c3ccccc3c3ccccc3c2c1. The van der Waals surface area contributed by atoms with Crippen LogP contribution in [0, 0.1) is 0 Å². The van der Waals surface area contributed by atoms with Crippen molar-refractivity contribution in [2.45, 2.75) is 26.7 Å². The van der Waals surface area contributed by atoms with Gasteiger partial charge in [-0.3, -0.25) is 0 Å². The lowest BCUT2D eigenvalue weighted by atomic mass is 9.39. The molecular weight excluding hydrogens is 848 g/mol. The number of anilines is 6. The quantitative estimate of drug-likeness (QED) is 0.128. The highest BCUT2D eigenvalue weighted by Crippen LogP contribution is 2.52. The molecule has 0 atom stereocenters. The van der Waals surface area contributed by atoms with Crippen molar-refractivity contribution in [2.75, 3.05) is 9.80 Å². The summed E-state index contributed by atoms with van der Waals surface area (Å²) < 4.78 is 5.52. The molecule has 0 radical (unpaired) electrons. The topological polar surface area (TPSA) is 6.48 Å². The zero-order chi connectivity index (χ0) is 44.1. The van der Waals surface area contributed by atoms with Gasteiger partial charge in [-0.1, -0.05) is 141 Å². The van der Waals surface area contributed by atoms with Crippen LogP contribution in [-0.4, -0.2) is 6.71 Å². The predicted molar refractivity (Wildman–Crippen MR) is 295 cm³/mol. The second-order valence-electron chi connectivity index (χ2n) is 18.5. The lowest BCUT2D eigenvalue weighted by Crippen LogP contribution is -2.59. The predicted octanol–water partition coefficient (Wildman–Crippen LogP) is 16.2. The van der Waals surface area contributed by atoms with Crippen molar-refractivity contribution in [1.29, 1.82) is 0 Å². The van der Waals surface area contributed by atoms with E-state index in [4.69, 9.17) is 0 Å². The Morgan fingerprint density at radius 1 is 0.343 bits per heavy atom. The summed E-state index contributed by atoms with van der Waals surface area (Å²) in [6, 6.07) is 71.8. The van der Waals surface area contributed by atoms with E-state index in [0.717, 1.165) is 12.8 Å². The van der Waals surface area contributed by atoms with Crippen LogP contribution in [0.5, 0.6) is 0 Å². The van der Waals surface area contributed by atoms with Gasteiger partial charge in [-0.15, -0.1) is 22.7 Å². The van der Waals surface area contributed by atoms with E-state index >= 15 is 0 Å². The molecule has 2 aliphatic heterocycles. The zero-order valence-corrected chi connectivity index (χ0v) is 38.7. The van der Waals surface area contributed by atoms with Crippen LogP contribution in [0.1, 0.15) is 25.0 Å². The summed E-state index contributed by atoms with van der Waals surface area (Å²) in [5, 5.41) is 18.2. The molecule has 0 amide bonds. The number of nitrogens with zero attached hydrogens (tertiary/aromatic N) is 2. The molecule has 2 aliphatic rings. The van der Waals surface area contributed by atoms with Gasteiger partial charge in [0.25, 0.3) is 6.71 Å². The van der Waals surface area contributed by atoms with E-state index in [1.165, 1.54) is 145 Å². The minimum absolute atomic E-state index is 0.0733. The van der Waals surface area contributed by atoms with Gasteiger partial charge in [-0.25, -0.2) is 0 Å². The molecule has 4 heterocycles. The van der Waals surface area contributed by atoms with Crippen LogP contribution in [0.2, 0.25) is 0 Å². The minimum Gasteiger partial charge on any atom is -0.310 e. The fourth-order valence-corrected chi connectivity index (χ4v) is 14.7. The summed E-state index contributed by atoms with van der Waals surface area (Å²) in [6.07, 6.45) is 1.98. The van der Waals surface area contributed by atoms with Crippen LogP contribution < -0.4 is 24.8 Å². The fourth-order valence-electron chi connectivity index (χ4n) is 12.0. The molecule has 67 heavy (non-hydrogen) atoms. The molecule has 0 unspecified atom stereocenters. The summed E-state index contributed by atoms with van der Waals surface area (Å²) in [5.74, 6) is 0. The van der Waals surface area contributed by atoms with Crippen LogP contribution in [0.3, 0.4) is 0 Å². The van der Waals surface area contributed by atoms with Gasteiger partial charge in [0.2, 0.25) is 0 Å². The minimum atomic E-state index is 0.0733. The average Bonchev–Trinajstić information content (AvgIpc) is 3.96. The molecule has 314 valence electrons. The van der Waals surface area contributed by atoms with Crippen LogP contribution in [0.4, 0.5) is 34.1 Å². The lowest BCUT2D eigenvalue weighted by molar-refractivity contribution is 1.15. The number of hydrogen-bond donors (Lipinski definition) is 0. The van der Waals surface area contributed by atoms with E-state index in [1.54, 1.807) is 0 Å². The van der Waals surface area contributed by atoms with Crippen molar-refractivity contribution < 1.29 is 0 Å². The fraction of sp³-hybridized carbons (Fsp3) is 0.0645. The van der Waals surface area contributed by atoms with Gasteiger partial charge in [-0.05, 0) is 155 Å². The van der Waals surface area contributed by atoms with Crippen molar-refractivity contribution in [2.24, 2.45) is 0 Å². The molecule has 2 nitrogen and oxygen atoms in total. The van der Waals surface area contributed by atoms with E-state index in [-0.39, 0.29) is 6.71 Å². The molecule has 15 rings (SSSR count). The molecule has 0 bridgehead atoms. The molecule has 5 heteroatoms. The standard InChI is InChI=1S/C62H41BN2S2/c1-3-36-24-30-56-52(32-36)59-61(66-56)63-58-54(64(59)38-26-28-48-44-18-7-5-14-40(44)42-16-9-11-20-46(42)50(48)34-38)22-13-23-55(58)65(60-53-33-37(4-2)25-31-57(53)67-62(60)63)39-27-29-49-45-19-8-6-15-41(45)43-17-10-12-21-47(43)51(49)35-39/h5-35H,3-4H2,1-2H3. The van der Waals surface area contributed by atoms with Crippen LogP contribution in [0.15, 0.2) is 188 Å². The molecule has 0 N–H and O–H groups in total. The van der Waals surface area contributed by atoms with E-state index in [0.29, 0.717) is 0 Å². The van der Waals surface area contributed by atoms with Gasteiger partial charge in [0.1, 0.15) is 0 Å². The number of hydrogen-bond acceptors (Lipinski definition) is 4. The summed E-state index contributed by atoms with van der Waals surface area (Å²) in [7, 11) is 0. The summed E-state index contributed by atoms with van der Waals surface area (Å²) >= 11 is 3.99. The van der Waals surface area contributed by atoms with Crippen molar-refractivity contribution in [3.8, 4) is 0 Å². The second kappa shape index (κ2) is 14.0. The Morgan fingerprint density at radius 3 is 1.07 bits per heavy atom. The first-order valence-electron chi connectivity index (χ1n) is 23.7. The van der Waals surface area contributed by atoms with Crippen molar-refractivity contribution in [3.63, 3.8) is 0 Å². The molecule has 11 aromatic carbocycles. The summed E-state index contributed by atoms with van der Waals surface area (Å²) in [4.78, 5) is 5.27. The highest BCUT2D eigenvalue weighted by atomic mass is 32.1. The van der Waals surface area contributed by atoms with E-state index in [2.05, 4.69) is 212 Å². The first-order valence-corrected chi connectivity index (χ1v) is 25.3. The maximum atomic E-state index is 2.64. The number of thiophene rings is 2. The molecule has 0 fully saturated rings. The monoisotopic (exact) mass is 888 g/mol. The summed E-state index contributed by atoms with van der Waals surface area (Å²) in [6.45, 7) is 4.63. The second-order valence-corrected chi connectivity index (χ2v) is 20.6. The van der Waals surface area contributed by atoms with Gasteiger partial charge < -0.3 is 9.80 Å². The van der Waals surface area contributed by atoms with Crippen molar-refractivity contribution in [1.82, 2.24) is 0 Å². The van der Waals surface area contributed by atoms with E-state index in [9.17, 15) is 0 Å². The van der Waals surface area contributed by atoms with Gasteiger partial charge >= 0.3 is 0 Å². The van der Waals surface area contributed by atoms with Gasteiger partial charge in [0.15, 0.2) is 0 Å². The molecule has 0 aliphatic carbocycles. The smallest absolute Gasteiger partial charge is 0.277 e. The number of aryl methyl sites for hydroxylation is 2. The highest BCUT2D eigenvalue weighted by Gasteiger charge is 2.47. The molecule has 13 aromatic rings. The Labute approximate surface area is 396 Å². The molecule has 0 saturated carbocycles. The lowest BCUT2D eigenvalue weighted by Gasteiger charge is -2.42. The largest absolute Gasteiger partial charge is 0.310 e. The molecular formula is C62H41BN2S2. The Bertz CT molecular complexity index is 3950. The number of benzene rings is 11. The maximum Gasteiger partial charge on any atom is 0.277 e. The first kappa shape index (κ1) is 37.8. The molecule has 2 aromatic heterocycles. The van der Waals surface area contributed by atoms with Crippen LogP contribution >= 0.6 is 22.7 Å². The van der Waals surface area contributed by atoms with Gasteiger partial charge in [-0.2, -0.15) is 0 Å². The van der Waals surface area contributed by atoms with Gasteiger partial charge in [0, 0.05) is 52.5 Å². The Balaban J connectivity index is 1.05. The normalized spacial score (nSPS) is 13.3. The summed E-state index contributed by atoms with van der Waals surface area (Å²) in [5.41, 5.74) is 11.6. The third-order valence-electron chi connectivity index (χ3n) is 15.1. The molecule has 0 spiro atoms. The van der Waals surface area contributed by atoms with Gasteiger partial charge in [0.05, 0.1) is 11.4 Å².